The van der Waals surface area contributed by atoms with Crippen LogP contribution < -0.4 is 4.90 Å². The molecule has 0 amide bonds. The summed E-state index contributed by atoms with van der Waals surface area (Å²) in [5, 5.41) is 8.65. The number of rotatable bonds is 1. The highest BCUT2D eigenvalue weighted by atomic mass is 15.2. The van der Waals surface area contributed by atoms with Crippen molar-refractivity contribution in [1.29, 1.82) is 5.39 Å². The Bertz CT molecular complexity index is 374. The van der Waals surface area contributed by atoms with E-state index in [2.05, 4.69) is 14.9 Å². The summed E-state index contributed by atoms with van der Waals surface area (Å²) in [5.41, 5.74) is 1.51. The molecule has 4 nitrogen and oxygen atoms in total. The third-order valence-corrected chi connectivity index (χ3v) is 2.61. The van der Waals surface area contributed by atoms with E-state index in [-0.39, 0.29) is 0 Å². The second-order valence-electron chi connectivity index (χ2n) is 3.62. The fourth-order valence-electron chi connectivity index (χ4n) is 1.76. The smallest absolute Gasteiger partial charge is 0.357 e. The zero-order valence-corrected chi connectivity index (χ0v) is 8.27. The Morgan fingerprint density at radius 1 is 1.43 bits per heavy atom. The molecule has 0 radical (unpaired) electrons. The van der Waals surface area contributed by atoms with Gasteiger partial charge < -0.3 is 4.90 Å². The summed E-state index contributed by atoms with van der Waals surface area (Å²) in [7, 11) is 0. The topological polar surface area (TPSA) is 44.3 Å². The SMILES string of the molecule is Cc1cc(N2CCCC2)ncc1[N+]#N. The Hall–Kier alpha value is -1.63. The van der Waals surface area contributed by atoms with Crippen molar-refractivity contribution < 1.29 is 0 Å². The Labute approximate surface area is 83.2 Å². The number of hydrogen-bond acceptors (Lipinski definition) is 3. The zero-order chi connectivity index (χ0) is 9.97. The summed E-state index contributed by atoms with van der Waals surface area (Å²) in [6.07, 6.45) is 4.10. The highest BCUT2D eigenvalue weighted by molar-refractivity contribution is 5.55. The molecule has 1 saturated heterocycles. The van der Waals surface area contributed by atoms with E-state index in [4.69, 9.17) is 5.39 Å². The molecule has 0 N–H and O–H groups in total. The first-order chi connectivity index (χ1) is 6.81. The number of nitrogens with zero attached hydrogens (tertiary/aromatic N) is 4. The second-order valence-corrected chi connectivity index (χ2v) is 3.62. The Kier molecular flexibility index (Phi) is 2.32. The van der Waals surface area contributed by atoms with Crippen molar-refractivity contribution in [1.82, 2.24) is 4.98 Å². The van der Waals surface area contributed by atoms with Crippen LogP contribution in [0.4, 0.5) is 11.5 Å². The van der Waals surface area contributed by atoms with Crippen molar-refractivity contribution >= 4 is 11.5 Å². The van der Waals surface area contributed by atoms with Crippen LogP contribution in [0.25, 0.3) is 4.98 Å². The number of diazo groups is 1. The van der Waals surface area contributed by atoms with Gasteiger partial charge in [0.1, 0.15) is 12.0 Å². The van der Waals surface area contributed by atoms with Gasteiger partial charge in [-0.1, -0.05) is 0 Å². The largest absolute Gasteiger partial charge is 0.406 e. The van der Waals surface area contributed by atoms with Crippen LogP contribution in [0.5, 0.6) is 0 Å². The lowest BCUT2D eigenvalue weighted by Gasteiger charge is -2.15. The monoisotopic (exact) mass is 189 g/mol. The maximum atomic E-state index is 8.65. The van der Waals surface area contributed by atoms with Gasteiger partial charge in [0, 0.05) is 18.7 Å². The molecule has 0 unspecified atom stereocenters. The zero-order valence-electron chi connectivity index (χ0n) is 8.27. The van der Waals surface area contributed by atoms with Gasteiger partial charge in [-0.15, -0.1) is 0 Å². The minimum absolute atomic E-state index is 0.549. The molecule has 1 aromatic rings. The van der Waals surface area contributed by atoms with Crippen LogP contribution in [-0.2, 0) is 0 Å². The lowest BCUT2D eigenvalue weighted by molar-refractivity contribution is 0.936. The first-order valence-corrected chi connectivity index (χ1v) is 4.88. The molecule has 0 aliphatic carbocycles. The highest BCUT2D eigenvalue weighted by Crippen LogP contribution is 2.23. The minimum Gasteiger partial charge on any atom is -0.357 e. The van der Waals surface area contributed by atoms with Crippen LogP contribution in [0.2, 0.25) is 0 Å². The van der Waals surface area contributed by atoms with Gasteiger partial charge in [0.25, 0.3) is 0 Å². The molecule has 14 heavy (non-hydrogen) atoms. The van der Waals surface area contributed by atoms with Gasteiger partial charge >= 0.3 is 5.69 Å². The molecular formula is C10H13N4+. The van der Waals surface area contributed by atoms with E-state index >= 15 is 0 Å². The number of hydrogen-bond donors (Lipinski definition) is 0. The van der Waals surface area contributed by atoms with Crippen molar-refractivity contribution in [3.05, 3.63) is 22.8 Å². The van der Waals surface area contributed by atoms with Crippen molar-refractivity contribution in [2.45, 2.75) is 19.8 Å². The Morgan fingerprint density at radius 3 is 2.71 bits per heavy atom. The summed E-state index contributed by atoms with van der Waals surface area (Å²) >= 11 is 0. The summed E-state index contributed by atoms with van der Waals surface area (Å²) < 4.78 is 0. The lowest BCUT2D eigenvalue weighted by Crippen LogP contribution is -2.18. The molecule has 0 spiro atoms. The van der Waals surface area contributed by atoms with E-state index < -0.39 is 0 Å². The first kappa shape index (κ1) is 8.95. The average molecular weight is 189 g/mol. The van der Waals surface area contributed by atoms with E-state index in [1.807, 2.05) is 13.0 Å². The third-order valence-electron chi connectivity index (χ3n) is 2.61. The molecule has 1 aromatic heterocycles. The van der Waals surface area contributed by atoms with Crippen molar-refractivity contribution in [3.8, 4) is 0 Å². The minimum atomic E-state index is 0.549. The van der Waals surface area contributed by atoms with Gasteiger partial charge in [-0.3, -0.25) is 0 Å². The molecule has 1 aliphatic heterocycles. The van der Waals surface area contributed by atoms with Crippen LogP contribution >= 0.6 is 0 Å². The number of aromatic nitrogens is 1. The van der Waals surface area contributed by atoms with Gasteiger partial charge in [-0.2, -0.15) is 0 Å². The second kappa shape index (κ2) is 3.62. The van der Waals surface area contributed by atoms with E-state index in [9.17, 15) is 0 Å². The maximum Gasteiger partial charge on any atom is 0.406 e. The van der Waals surface area contributed by atoms with Crippen molar-refractivity contribution in [3.63, 3.8) is 0 Å². The fourth-order valence-corrected chi connectivity index (χ4v) is 1.76. The van der Waals surface area contributed by atoms with Crippen LogP contribution in [0.15, 0.2) is 12.3 Å². The molecule has 2 rings (SSSR count). The molecule has 0 saturated carbocycles. The van der Waals surface area contributed by atoms with Crippen LogP contribution in [0, 0.1) is 12.3 Å². The van der Waals surface area contributed by atoms with Crippen LogP contribution in [-0.4, -0.2) is 18.1 Å². The van der Waals surface area contributed by atoms with Gasteiger partial charge in [0.05, 0.1) is 0 Å². The first-order valence-electron chi connectivity index (χ1n) is 4.88. The molecule has 1 aliphatic rings. The molecular weight excluding hydrogens is 176 g/mol. The van der Waals surface area contributed by atoms with Crippen molar-refractivity contribution in [2.24, 2.45) is 0 Å². The predicted octanol–water partition coefficient (Wildman–Crippen LogP) is 2.47. The van der Waals surface area contributed by atoms with Gasteiger partial charge in [-0.05, 0) is 25.8 Å². The molecule has 0 aromatic carbocycles. The normalized spacial score (nSPS) is 15.6. The molecule has 4 heteroatoms. The van der Waals surface area contributed by atoms with E-state index in [0.717, 1.165) is 24.5 Å². The molecule has 2 heterocycles. The predicted molar refractivity (Wildman–Crippen MR) is 55.2 cm³/mol. The van der Waals surface area contributed by atoms with Gasteiger partial charge in [0.2, 0.25) is 5.39 Å². The summed E-state index contributed by atoms with van der Waals surface area (Å²) in [6, 6.07) is 1.97. The Balaban J connectivity index is 2.28. The van der Waals surface area contributed by atoms with Crippen molar-refractivity contribution in [2.75, 3.05) is 18.0 Å². The maximum absolute atomic E-state index is 8.65. The number of anilines is 1. The van der Waals surface area contributed by atoms with Crippen LogP contribution in [0.3, 0.4) is 0 Å². The third kappa shape index (κ3) is 1.53. The highest BCUT2D eigenvalue weighted by Gasteiger charge is 2.17. The van der Waals surface area contributed by atoms with E-state index in [1.54, 1.807) is 6.20 Å². The fraction of sp³-hybridized carbons (Fsp3) is 0.500. The molecule has 72 valence electrons. The van der Waals surface area contributed by atoms with E-state index in [1.165, 1.54) is 12.8 Å². The molecule has 0 atom stereocenters. The Morgan fingerprint density at radius 2 is 2.14 bits per heavy atom. The molecule has 1 fully saturated rings. The number of aryl methyl sites for hydroxylation is 1. The summed E-state index contributed by atoms with van der Waals surface area (Å²) in [5.74, 6) is 0.993. The van der Waals surface area contributed by atoms with Crippen LogP contribution in [0.1, 0.15) is 18.4 Å². The van der Waals surface area contributed by atoms with E-state index in [0.29, 0.717) is 5.69 Å². The summed E-state index contributed by atoms with van der Waals surface area (Å²) in [4.78, 5) is 9.68. The van der Waals surface area contributed by atoms with Gasteiger partial charge in [0.15, 0.2) is 4.98 Å². The lowest BCUT2D eigenvalue weighted by atomic mass is 10.2. The number of pyridine rings is 1. The van der Waals surface area contributed by atoms with Gasteiger partial charge in [-0.25, -0.2) is 4.98 Å². The molecule has 0 bridgehead atoms. The standard InChI is InChI=1S/C10H13N4/c1-8-6-10(12-7-9(8)13-11)14-4-2-3-5-14/h6-7H,2-5H2,1H3/q+1. The quantitative estimate of drug-likeness (QED) is 0.637. The average Bonchev–Trinajstić information content (AvgIpc) is 2.70. The summed E-state index contributed by atoms with van der Waals surface area (Å²) in [6.45, 7) is 4.10.